The Morgan fingerprint density at radius 1 is 1.64 bits per heavy atom. The molecule has 14 heavy (non-hydrogen) atoms. The second kappa shape index (κ2) is 3.41. The van der Waals surface area contributed by atoms with Gasteiger partial charge in [0.1, 0.15) is 5.76 Å². The Hall–Kier alpha value is -0.800. The number of hydrogen-bond donors (Lipinski definition) is 1. The van der Waals surface area contributed by atoms with Crippen molar-refractivity contribution in [3.63, 3.8) is 0 Å². The number of hydrogen-bond acceptors (Lipinski definition) is 3. The lowest BCUT2D eigenvalue weighted by molar-refractivity contribution is 0.154. The Bertz CT molecular complexity index is 292. The van der Waals surface area contributed by atoms with Gasteiger partial charge in [-0.2, -0.15) is 0 Å². The predicted molar refractivity (Wildman–Crippen MR) is 55.8 cm³/mol. The molecule has 1 atom stereocenters. The van der Waals surface area contributed by atoms with E-state index >= 15 is 0 Å². The van der Waals surface area contributed by atoms with E-state index in [-0.39, 0.29) is 5.54 Å². The molecular weight excluding hydrogens is 176 g/mol. The van der Waals surface area contributed by atoms with E-state index in [4.69, 9.17) is 10.2 Å². The van der Waals surface area contributed by atoms with Crippen molar-refractivity contribution in [3.8, 4) is 0 Å². The zero-order chi connectivity index (χ0) is 10.2. The number of likely N-dealkylation sites (tertiary alicyclic amines) is 1. The summed E-state index contributed by atoms with van der Waals surface area (Å²) < 4.78 is 5.34. The first-order valence-electron chi connectivity index (χ1n) is 5.11. The van der Waals surface area contributed by atoms with Gasteiger partial charge < -0.3 is 10.2 Å². The van der Waals surface area contributed by atoms with E-state index in [0.717, 1.165) is 25.3 Å². The van der Waals surface area contributed by atoms with Gasteiger partial charge in [0.05, 0.1) is 12.8 Å². The molecule has 0 bridgehead atoms. The summed E-state index contributed by atoms with van der Waals surface area (Å²) in [5.41, 5.74) is 6.16. The fourth-order valence-corrected chi connectivity index (χ4v) is 2.23. The minimum absolute atomic E-state index is 0.201. The summed E-state index contributed by atoms with van der Waals surface area (Å²) in [6.07, 6.45) is 2.78. The molecule has 2 rings (SSSR count). The van der Waals surface area contributed by atoms with Crippen molar-refractivity contribution in [2.45, 2.75) is 38.4 Å². The van der Waals surface area contributed by atoms with Crippen LogP contribution in [0.2, 0.25) is 0 Å². The van der Waals surface area contributed by atoms with Gasteiger partial charge in [-0.3, -0.25) is 4.90 Å². The van der Waals surface area contributed by atoms with E-state index in [0.29, 0.717) is 6.04 Å². The van der Waals surface area contributed by atoms with Gasteiger partial charge in [0.15, 0.2) is 0 Å². The predicted octanol–water partition coefficient (Wildman–Crippen LogP) is 1.59. The van der Waals surface area contributed by atoms with Gasteiger partial charge in [0.2, 0.25) is 0 Å². The second-order valence-electron chi connectivity index (χ2n) is 4.74. The van der Waals surface area contributed by atoms with Crippen molar-refractivity contribution in [1.29, 1.82) is 0 Å². The van der Waals surface area contributed by atoms with Crippen LogP contribution in [0.4, 0.5) is 0 Å². The van der Waals surface area contributed by atoms with Crippen LogP contribution < -0.4 is 5.73 Å². The second-order valence-corrected chi connectivity index (χ2v) is 4.74. The van der Waals surface area contributed by atoms with Crippen molar-refractivity contribution in [2.75, 3.05) is 6.54 Å². The van der Waals surface area contributed by atoms with Crippen LogP contribution in [0, 0.1) is 0 Å². The number of nitrogens with zero attached hydrogens (tertiary/aromatic N) is 1. The van der Waals surface area contributed by atoms with E-state index in [9.17, 15) is 0 Å². The van der Waals surface area contributed by atoms with E-state index < -0.39 is 0 Å². The highest BCUT2D eigenvalue weighted by Crippen LogP contribution is 2.29. The van der Waals surface area contributed by atoms with Crippen LogP contribution in [0.5, 0.6) is 0 Å². The quantitative estimate of drug-likeness (QED) is 0.777. The Balaban J connectivity index is 2.05. The van der Waals surface area contributed by atoms with Crippen LogP contribution in [0.3, 0.4) is 0 Å². The Kier molecular flexibility index (Phi) is 2.37. The molecule has 3 heteroatoms. The normalized spacial score (nSPS) is 26.9. The summed E-state index contributed by atoms with van der Waals surface area (Å²) >= 11 is 0. The molecule has 0 amide bonds. The molecule has 78 valence electrons. The average molecular weight is 194 g/mol. The van der Waals surface area contributed by atoms with Gasteiger partial charge in [-0.05, 0) is 32.4 Å². The van der Waals surface area contributed by atoms with Crippen LogP contribution in [0.25, 0.3) is 0 Å². The molecule has 1 aromatic rings. The number of furan rings is 1. The smallest absolute Gasteiger partial charge is 0.117 e. The van der Waals surface area contributed by atoms with Crippen molar-refractivity contribution < 1.29 is 4.42 Å². The van der Waals surface area contributed by atoms with E-state index in [1.54, 1.807) is 6.26 Å². The van der Waals surface area contributed by atoms with Gasteiger partial charge in [0.25, 0.3) is 0 Å². The molecule has 0 spiro atoms. The molecule has 0 saturated carbocycles. The molecule has 1 unspecified atom stereocenters. The average Bonchev–Trinajstić information content (AvgIpc) is 2.61. The van der Waals surface area contributed by atoms with Crippen molar-refractivity contribution >= 4 is 0 Å². The third-order valence-electron chi connectivity index (χ3n) is 3.00. The first-order chi connectivity index (χ1) is 6.58. The van der Waals surface area contributed by atoms with Crippen molar-refractivity contribution in [3.05, 3.63) is 24.2 Å². The maximum Gasteiger partial charge on any atom is 0.117 e. The van der Waals surface area contributed by atoms with Crippen molar-refractivity contribution in [1.82, 2.24) is 4.90 Å². The molecule has 0 aliphatic carbocycles. The van der Waals surface area contributed by atoms with E-state index in [1.165, 1.54) is 0 Å². The molecule has 2 N–H and O–H groups in total. The summed E-state index contributed by atoms with van der Waals surface area (Å²) in [4.78, 5) is 2.39. The molecule has 1 aromatic heterocycles. The number of nitrogens with two attached hydrogens (primary N) is 1. The van der Waals surface area contributed by atoms with E-state index in [1.807, 2.05) is 12.1 Å². The summed E-state index contributed by atoms with van der Waals surface area (Å²) in [6, 6.07) is 4.25. The summed E-state index contributed by atoms with van der Waals surface area (Å²) in [7, 11) is 0. The molecule has 1 aliphatic rings. The van der Waals surface area contributed by atoms with Crippen LogP contribution in [0.1, 0.15) is 26.0 Å². The monoisotopic (exact) mass is 194 g/mol. The molecule has 1 saturated heterocycles. The van der Waals surface area contributed by atoms with Gasteiger partial charge >= 0.3 is 0 Å². The fraction of sp³-hybridized carbons (Fsp3) is 0.636. The minimum Gasteiger partial charge on any atom is -0.468 e. The van der Waals surface area contributed by atoms with E-state index in [2.05, 4.69) is 18.7 Å². The Morgan fingerprint density at radius 3 is 2.93 bits per heavy atom. The fourth-order valence-electron chi connectivity index (χ4n) is 2.23. The third-order valence-corrected chi connectivity index (χ3v) is 3.00. The highest BCUT2D eigenvalue weighted by molar-refractivity contribution is 5.02. The SMILES string of the molecule is CC1(C)CC(N)CN1Cc1ccco1. The topological polar surface area (TPSA) is 42.4 Å². The summed E-state index contributed by atoms with van der Waals surface area (Å²) in [5.74, 6) is 1.02. The molecule has 0 aromatic carbocycles. The first-order valence-corrected chi connectivity index (χ1v) is 5.11. The van der Waals surface area contributed by atoms with Gasteiger partial charge in [-0.15, -0.1) is 0 Å². The van der Waals surface area contributed by atoms with Gasteiger partial charge in [-0.25, -0.2) is 0 Å². The van der Waals surface area contributed by atoms with Crippen LogP contribution in [0.15, 0.2) is 22.8 Å². The summed E-state index contributed by atoms with van der Waals surface area (Å²) in [5, 5.41) is 0. The number of rotatable bonds is 2. The lowest BCUT2D eigenvalue weighted by Gasteiger charge is -2.30. The first kappa shape index (κ1) is 9.74. The lowest BCUT2D eigenvalue weighted by Crippen LogP contribution is -2.37. The standard InChI is InChI=1S/C11H18N2O/c1-11(2)6-9(12)7-13(11)8-10-4-3-5-14-10/h3-5,9H,6-8,12H2,1-2H3. The molecule has 0 radical (unpaired) electrons. The third kappa shape index (κ3) is 1.83. The zero-order valence-corrected chi connectivity index (χ0v) is 8.86. The summed E-state index contributed by atoms with van der Waals surface area (Å²) in [6.45, 7) is 6.31. The van der Waals surface area contributed by atoms with Crippen LogP contribution in [-0.2, 0) is 6.54 Å². The van der Waals surface area contributed by atoms with Crippen LogP contribution >= 0.6 is 0 Å². The largest absolute Gasteiger partial charge is 0.468 e. The van der Waals surface area contributed by atoms with Gasteiger partial charge in [0, 0.05) is 18.1 Å². The highest BCUT2D eigenvalue weighted by atomic mass is 16.3. The molecule has 2 heterocycles. The molecule has 3 nitrogen and oxygen atoms in total. The van der Waals surface area contributed by atoms with Crippen molar-refractivity contribution in [2.24, 2.45) is 5.73 Å². The molecule has 1 aliphatic heterocycles. The minimum atomic E-state index is 0.201. The Morgan fingerprint density at radius 2 is 2.43 bits per heavy atom. The lowest BCUT2D eigenvalue weighted by atomic mass is 10.0. The zero-order valence-electron chi connectivity index (χ0n) is 8.86. The molecular formula is C11H18N2O. The maximum absolute atomic E-state index is 5.96. The highest BCUT2D eigenvalue weighted by Gasteiger charge is 2.36. The maximum atomic E-state index is 5.96. The van der Waals surface area contributed by atoms with Gasteiger partial charge in [-0.1, -0.05) is 0 Å². The molecule has 1 fully saturated rings. The van der Waals surface area contributed by atoms with Crippen LogP contribution in [-0.4, -0.2) is 23.0 Å². The Labute approximate surface area is 84.9 Å².